The maximum atomic E-state index is 5.42. The van der Waals surface area contributed by atoms with E-state index in [0.717, 1.165) is 0 Å². The quantitative estimate of drug-likeness (QED) is 0.592. The second kappa shape index (κ2) is 11.0. The van der Waals surface area contributed by atoms with E-state index in [9.17, 15) is 0 Å². The Kier molecular flexibility index (Phi) is 10.1. The lowest BCUT2D eigenvalue weighted by Crippen LogP contribution is -2.30. The van der Waals surface area contributed by atoms with Crippen LogP contribution in [-0.4, -0.2) is 64.0 Å². The van der Waals surface area contributed by atoms with Gasteiger partial charge in [0.1, 0.15) is 0 Å². The highest BCUT2D eigenvalue weighted by atomic mass is 32.1. The first-order valence-electron chi connectivity index (χ1n) is 6.46. The van der Waals surface area contributed by atoms with Crippen LogP contribution in [0.5, 0.6) is 0 Å². The van der Waals surface area contributed by atoms with Crippen LogP contribution in [0, 0.1) is 0 Å². The van der Waals surface area contributed by atoms with Gasteiger partial charge in [-0.05, 0) is 0 Å². The second-order valence-corrected chi connectivity index (χ2v) is 6.38. The Hall–Kier alpha value is 0.330. The lowest BCUT2D eigenvalue weighted by Gasteiger charge is -2.12. The van der Waals surface area contributed by atoms with Crippen LogP contribution in [0.2, 0.25) is 0 Å². The molecule has 0 aromatic heterocycles. The smallest absolute Gasteiger partial charge is 0.0760 e. The molecule has 0 amide bonds. The minimum absolute atomic E-state index is 0.394. The minimum atomic E-state index is 0.394. The third-order valence-electron chi connectivity index (χ3n) is 2.61. The summed E-state index contributed by atoms with van der Waals surface area (Å²) in [5.41, 5.74) is 0. The van der Waals surface area contributed by atoms with Crippen LogP contribution in [0.3, 0.4) is 0 Å². The van der Waals surface area contributed by atoms with Crippen molar-refractivity contribution in [3.05, 3.63) is 0 Å². The molecular weight excluding hydrogens is 364 g/mol. The Morgan fingerprint density at radius 1 is 0.476 bits per heavy atom. The molecule has 0 aromatic carbocycles. The van der Waals surface area contributed by atoms with Gasteiger partial charge in [0.05, 0.1) is 54.2 Å². The first kappa shape index (κ1) is 19.4. The van der Waals surface area contributed by atoms with Gasteiger partial charge in [-0.1, -0.05) is 61.1 Å². The van der Waals surface area contributed by atoms with Crippen molar-refractivity contribution in [1.29, 1.82) is 0 Å². The third-order valence-corrected chi connectivity index (χ3v) is 5.25. The fourth-order valence-electron chi connectivity index (χ4n) is 1.46. The molecular formula is C13H16O3S5. The molecule has 21 heavy (non-hydrogen) atoms. The van der Waals surface area contributed by atoms with Gasteiger partial charge in [0, 0.05) is 22.6 Å². The fraction of sp³-hybridized carbons (Fsp3) is 0.615. The first-order valence-corrected chi connectivity index (χ1v) is 8.50. The van der Waals surface area contributed by atoms with Gasteiger partial charge in [-0.3, -0.25) is 0 Å². The zero-order valence-electron chi connectivity index (χ0n) is 11.4. The Balaban J connectivity index is 2.63. The van der Waals surface area contributed by atoms with Gasteiger partial charge in [0.15, 0.2) is 0 Å². The standard InChI is InChI=1S/C13H16O3S5/c17-9-1-3-14-5-7-16-8-6-15-4-2-10(18)12(20)13(21)11(9)19/h1-8H2. The predicted octanol–water partition coefficient (Wildman–Crippen LogP) is 2.68. The Labute approximate surface area is 151 Å². The topological polar surface area (TPSA) is 27.7 Å². The molecule has 0 radical (unpaired) electrons. The van der Waals surface area contributed by atoms with Crippen molar-refractivity contribution in [2.75, 3.05) is 39.6 Å². The summed E-state index contributed by atoms with van der Waals surface area (Å²) >= 11 is 26.4. The number of hydrogen-bond donors (Lipinski definition) is 0. The largest absolute Gasteiger partial charge is 0.379 e. The summed E-state index contributed by atoms with van der Waals surface area (Å²) in [7, 11) is 0. The van der Waals surface area contributed by atoms with Crippen molar-refractivity contribution < 1.29 is 14.2 Å². The first-order chi connectivity index (χ1) is 10.0. The zero-order valence-corrected chi connectivity index (χ0v) is 15.5. The molecule has 1 heterocycles. The SMILES string of the molecule is S=C1CCOCCOCCOCCC(=S)C(=S)C(=S)C1=S. The lowest BCUT2D eigenvalue weighted by molar-refractivity contribution is 0.0173. The number of hydrogen-bond acceptors (Lipinski definition) is 8. The van der Waals surface area contributed by atoms with E-state index in [1.54, 1.807) is 0 Å². The van der Waals surface area contributed by atoms with Crippen LogP contribution in [0.15, 0.2) is 0 Å². The second-order valence-electron chi connectivity index (χ2n) is 4.17. The number of rotatable bonds is 0. The maximum Gasteiger partial charge on any atom is 0.0760 e. The van der Waals surface area contributed by atoms with Gasteiger partial charge in [0.25, 0.3) is 0 Å². The molecule has 1 aliphatic rings. The molecule has 1 fully saturated rings. The van der Waals surface area contributed by atoms with Gasteiger partial charge >= 0.3 is 0 Å². The van der Waals surface area contributed by atoms with Crippen LogP contribution in [0.4, 0.5) is 0 Å². The summed E-state index contributed by atoms with van der Waals surface area (Å²) in [6.45, 7) is 3.06. The van der Waals surface area contributed by atoms with Gasteiger partial charge in [-0.2, -0.15) is 0 Å². The van der Waals surface area contributed by atoms with Crippen LogP contribution >= 0.6 is 61.1 Å². The van der Waals surface area contributed by atoms with Crippen molar-refractivity contribution in [2.45, 2.75) is 12.8 Å². The molecule has 0 atom stereocenters. The van der Waals surface area contributed by atoms with Crippen molar-refractivity contribution in [1.82, 2.24) is 0 Å². The molecule has 0 bridgehead atoms. The van der Waals surface area contributed by atoms with E-state index in [1.807, 2.05) is 0 Å². The fourth-order valence-corrected chi connectivity index (χ4v) is 2.67. The van der Waals surface area contributed by atoms with E-state index in [2.05, 4.69) is 0 Å². The zero-order chi connectivity index (χ0) is 15.7. The molecule has 0 saturated carbocycles. The summed E-state index contributed by atoms with van der Waals surface area (Å²) in [5, 5.41) is 0. The number of thiocarbonyl (C=S) groups is 5. The van der Waals surface area contributed by atoms with Crippen molar-refractivity contribution in [3.8, 4) is 0 Å². The Morgan fingerprint density at radius 2 is 0.810 bits per heavy atom. The van der Waals surface area contributed by atoms with Crippen LogP contribution in [-0.2, 0) is 14.2 Å². The molecule has 8 heteroatoms. The highest BCUT2D eigenvalue weighted by Crippen LogP contribution is 2.03. The summed E-state index contributed by atoms with van der Waals surface area (Å²) in [4.78, 5) is 2.43. The molecule has 1 rings (SSSR count). The Morgan fingerprint density at radius 3 is 1.19 bits per heavy atom. The van der Waals surface area contributed by atoms with E-state index in [0.29, 0.717) is 76.8 Å². The molecule has 116 valence electrons. The minimum Gasteiger partial charge on any atom is -0.379 e. The van der Waals surface area contributed by atoms with Crippen LogP contribution in [0.1, 0.15) is 12.8 Å². The highest BCUT2D eigenvalue weighted by molar-refractivity contribution is 8.01. The molecule has 1 saturated heterocycles. The monoisotopic (exact) mass is 380 g/mol. The molecule has 1 aliphatic heterocycles. The van der Waals surface area contributed by atoms with Gasteiger partial charge in [-0.15, -0.1) is 0 Å². The van der Waals surface area contributed by atoms with E-state index in [4.69, 9.17) is 75.3 Å². The average Bonchev–Trinajstić information content (AvgIpc) is 2.48. The summed E-state index contributed by atoms with van der Waals surface area (Å²) < 4.78 is 16.2. The van der Waals surface area contributed by atoms with Crippen molar-refractivity contribution in [3.63, 3.8) is 0 Å². The van der Waals surface area contributed by atoms with E-state index >= 15 is 0 Å². The molecule has 0 N–H and O–H groups in total. The van der Waals surface area contributed by atoms with Crippen molar-refractivity contribution >= 4 is 85.4 Å². The summed E-state index contributed by atoms with van der Waals surface area (Å²) in [5.74, 6) is 0. The van der Waals surface area contributed by atoms with Crippen LogP contribution < -0.4 is 0 Å². The van der Waals surface area contributed by atoms with E-state index < -0.39 is 0 Å². The van der Waals surface area contributed by atoms with Crippen molar-refractivity contribution in [2.24, 2.45) is 0 Å². The molecule has 0 spiro atoms. The lowest BCUT2D eigenvalue weighted by atomic mass is 10.1. The molecule has 0 aliphatic carbocycles. The normalized spacial score (nSPS) is 21.6. The predicted molar refractivity (Wildman–Crippen MR) is 105 cm³/mol. The average molecular weight is 381 g/mol. The van der Waals surface area contributed by atoms with Crippen LogP contribution in [0.25, 0.3) is 0 Å². The molecule has 0 aromatic rings. The number of ether oxygens (including phenoxy) is 3. The van der Waals surface area contributed by atoms with Gasteiger partial charge < -0.3 is 14.2 Å². The third kappa shape index (κ3) is 7.43. The van der Waals surface area contributed by atoms with E-state index in [-0.39, 0.29) is 0 Å². The maximum absolute atomic E-state index is 5.42. The van der Waals surface area contributed by atoms with E-state index in [1.165, 1.54) is 0 Å². The van der Waals surface area contributed by atoms with Gasteiger partial charge in [-0.25, -0.2) is 0 Å². The summed E-state index contributed by atoms with van der Waals surface area (Å²) in [6, 6.07) is 0. The molecule has 0 unspecified atom stereocenters. The molecule has 3 nitrogen and oxygen atoms in total. The van der Waals surface area contributed by atoms with Gasteiger partial charge in [0.2, 0.25) is 0 Å². The highest BCUT2D eigenvalue weighted by Gasteiger charge is 2.18. The Bertz CT molecular complexity index is 409. The summed E-state index contributed by atoms with van der Waals surface area (Å²) in [6.07, 6.45) is 1.10.